The molecule has 254 valence electrons. The van der Waals surface area contributed by atoms with E-state index in [-0.39, 0.29) is 42.3 Å². The number of likely N-dealkylation sites (N-methyl/N-ethyl adjacent to an activating group) is 1. The Morgan fingerprint density at radius 3 is 2.58 bits per heavy atom. The molecule has 0 fully saturated rings. The SMILES string of the molecule is CN1C(=O)COc2ccc(CN)cc21.Cc1c(C(=O)OC(C)(C)C)ccc2c1CC[C@@H]2NC(=O)c1cc(C(=O)O)nc2c(F)cnn12.Cl. The van der Waals surface area contributed by atoms with E-state index < -0.39 is 35.0 Å². The summed E-state index contributed by atoms with van der Waals surface area (Å²) in [5.41, 5.74) is 8.84. The minimum atomic E-state index is -1.39. The van der Waals surface area contributed by atoms with E-state index in [1.54, 1.807) is 44.9 Å². The summed E-state index contributed by atoms with van der Waals surface area (Å²) in [4.78, 5) is 53.6. The Kier molecular flexibility index (Phi) is 10.4. The predicted octanol–water partition coefficient (Wildman–Crippen LogP) is 4.17. The standard InChI is InChI=1S/C23H23FN4O5.C10H12N2O2.ClH/c1-11-12-7-8-16(14(12)6-5-13(11)22(32)33-23(2,3)4)27-20(29)18-9-17(21(30)31)26-19-15(24)10-25-28(18)19;1-12-8-4-7(5-11)2-3-9(8)14-6-10(12)13;/h5-6,9-10,16H,7-8H2,1-4H3,(H,27,29)(H,30,31);2-4H,5-6,11H2,1H3;1H/t16-;;/m0../s1. The van der Waals surface area contributed by atoms with Gasteiger partial charge in [-0.15, -0.1) is 12.4 Å². The van der Waals surface area contributed by atoms with Crippen LogP contribution in [-0.2, 0) is 22.5 Å². The lowest BCUT2D eigenvalue weighted by Gasteiger charge is -2.26. The fourth-order valence-electron chi connectivity index (χ4n) is 5.47. The van der Waals surface area contributed by atoms with Crippen LogP contribution in [0.25, 0.3) is 5.65 Å². The number of nitrogens with two attached hydrogens (primary N) is 1. The number of anilines is 1. The van der Waals surface area contributed by atoms with Crippen LogP contribution >= 0.6 is 12.4 Å². The van der Waals surface area contributed by atoms with Crippen molar-refractivity contribution in [3.8, 4) is 5.75 Å². The van der Waals surface area contributed by atoms with Gasteiger partial charge in [-0.3, -0.25) is 9.59 Å². The number of ether oxygens (including phenoxy) is 2. The first-order chi connectivity index (χ1) is 22.2. The maximum absolute atomic E-state index is 14.0. The lowest BCUT2D eigenvalue weighted by Crippen LogP contribution is -2.35. The fraction of sp³-hybridized carbons (Fsp3) is 0.333. The highest BCUT2D eigenvalue weighted by Crippen LogP contribution is 2.35. The number of esters is 1. The van der Waals surface area contributed by atoms with Crippen LogP contribution in [0, 0.1) is 12.7 Å². The molecular formula is C33H36ClFN6O7. The van der Waals surface area contributed by atoms with Crippen LogP contribution in [0.4, 0.5) is 10.1 Å². The van der Waals surface area contributed by atoms with Crippen LogP contribution in [-0.4, -0.2) is 62.7 Å². The summed E-state index contributed by atoms with van der Waals surface area (Å²) in [6.45, 7) is 7.84. The zero-order chi connectivity index (χ0) is 34.2. The molecule has 3 heterocycles. The second-order valence-corrected chi connectivity index (χ2v) is 12.2. The molecule has 1 aliphatic heterocycles. The molecule has 6 rings (SSSR count). The van der Waals surface area contributed by atoms with Crippen molar-refractivity contribution in [3.63, 3.8) is 0 Å². The Morgan fingerprint density at radius 2 is 1.92 bits per heavy atom. The molecule has 13 nitrogen and oxygen atoms in total. The zero-order valence-corrected chi connectivity index (χ0v) is 27.8. The molecule has 1 aliphatic carbocycles. The number of nitrogens with one attached hydrogen (secondary N) is 1. The van der Waals surface area contributed by atoms with Crippen LogP contribution in [0.5, 0.6) is 5.75 Å². The van der Waals surface area contributed by atoms with Gasteiger partial charge in [-0.1, -0.05) is 12.1 Å². The number of fused-ring (bicyclic) bond motifs is 3. The molecular weight excluding hydrogens is 647 g/mol. The molecule has 0 saturated carbocycles. The van der Waals surface area contributed by atoms with Crippen LogP contribution in [0.2, 0.25) is 0 Å². The van der Waals surface area contributed by atoms with Gasteiger partial charge in [-0.05, 0) is 81.0 Å². The van der Waals surface area contributed by atoms with Crippen LogP contribution < -0.4 is 20.7 Å². The van der Waals surface area contributed by atoms with Crippen molar-refractivity contribution in [2.45, 2.75) is 58.7 Å². The molecule has 1 atom stereocenters. The number of hydrogen-bond acceptors (Lipinski definition) is 9. The average Bonchev–Trinajstić information content (AvgIpc) is 3.61. The summed E-state index contributed by atoms with van der Waals surface area (Å²) in [7, 11) is 1.74. The minimum Gasteiger partial charge on any atom is -0.482 e. The van der Waals surface area contributed by atoms with Crippen molar-refractivity contribution in [3.05, 3.63) is 87.6 Å². The minimum absolute atomic E-state index is 0. The van der Waals surface area contributed by atoms with Gasteiger partial charge >= 0.3 is 11.9 Å². The molecule has 0 radical (unpaired) electrons. The highest BCUT2D eigenvalue weighted by molar-refractivity contribution is 5.98. The van der Waals surface area contributed by atoms with Crippen molar-refractivity contribution in [1.29, 1.82) is 0 Å². The summed E-state index contributed by atoms with van der Waals surface area (Å²) >= 11 is 0. The van der Waals surface area contributed by atoms with Crippen molar-refractivity contribution in [2.75, 3.05) is 18.6 Å². The number of carboxylic acid groups (broad SMARTS) is 1. The molecule has 4 N–H and O–H groups in total. The topological polar surface area (TPSA) is 178 Å². The summed E-state index contributed by atoms with van der Waals surface area (Å²) < 4.78 is 25.7. The van der Waals surface area contributed by atoms with Gasteiger partial charge in [0, 0.05) is 19.7 Å². The van der Waals surface area contributed by atoms with E-state index in [0.717, 1.165) is 50.5 Å². The molecule has 2 amide bonds. The Bertz CT molecular complexity index is 1920. The van der Waals surface area contributed by atoms with E-state index in [2.05, 4.69) is 15.4 Å². The third kappa shape index (κ3) is 7.24. The number of nitrogens with zero attached hydrogens (tertiary/aromatic N) is 4. The second kappa shape index (κ2) is 14.0. The van der Waals surface area contributed by atoms with Gasteiger partial charge < -0.3 is 30.5 Å². The predicted molar refractivity (Wildman–Crippen MR) is 175 cm³/mol. The Hall–Kier alpha value is -5.08. The monoisotopic (exact) mass is 682 g/mol. The lowest BCUT2D eigenvalue weighted by molar-refractivity contribution is -0.121. The highest BCUT2D eigenvalue weighted by atomic mass is 35.5. The van der Waals surface area contributed by atoms with Crippen molar-refractivity contribution >= 4 is 47.5 Å². The molecule has 0 saturated heterocycles. The maximum atomic E-state index is 14.0. The Balaban J connectivity index is 0.000000290. The molecule has 15 heteroatoms. The Labute approximate surface area is 281 Å². The van der Waals surface area contributed by atoms with Gasteiger partial charge in [0.15, 0.2) is 23.8 Å². The number of carboxylic acids is 1. The molecule has 4 aromatic rings. The first kappa shape index (κ1) is 35.8. The van der Waals surface area contributed by atoms with Crippen molar-refractivity contribution in [2.24, 2.45) is 5.73 Å². The first-order valence-electron chi connectivity index (χ1n) is 14.8. The van der Waals surface area contributed by atoms with E-state index in [1.165, 1.54) is 0 Å². The second-order valence-electron chi connectivity index (χ2n) is 12.2. The summed E-state index contributed by atoms with van der Waals surface area (Å²) in [5.74, 6) is -2.53. The number of aromatic nitrogens is 3. The molecule has 2 aromatic carbocycles. The normalized spacial score (nSPS) is 14.9. The van der Waals surface area contributed by atoms with Crippen LogP contribution in [0.15, 0.2) is 42.6 Å². The van der Waals surface area contributed by atoms with E-state index >= 15 is 0 Å². The third-order valence-electron chi connectivity index (χ3n) is 7.84. The summed E-state index contributed by atoms with van der Waals surface area (Å²) in [5, 5.41) is 16.0. The molecule has 0 bridgehead atoms. The number of carbonyl (C=O) groups excluding carboxylic acids is 3. The van der Waals surface area contributed by atoms with Gasteiger partial charge in [0.25, 0.3) is 11.8 Å². The number of rotatable bonds is 5. The number of aromatic carboxylic acids is 1. The number of halogens is 2. The van der Waals surface area contributed by atoms with Gasteiger partial charge in [-0.25, -0.2) is 23.5 Å². The highest BCUT2D eigenvalue weighted by Gasteiger charge is 2.30. The van der Waals surface area contributed by atoms with Crippen molar-refractivity contribution < 1.29 is 38.1 Å². The van der Waals surface area contributed by atoms with E-state index in [9.17, 15) is 28.7 Å². The Morgan fingerprint density at radius 1 is 1.19 bits per heavy atom. The molecule has 48 heavy (non-hydrogen) atoms. The molecule has 2 aromatic heterocycles. The number of carbonyl (C=O) groups is 4. The largest absolute Gasteiger partial charge is 0.482 e. The van der Waals surface area contributed by atoms with E-state index in [1.807, 2.05) is 25.1 Å². The molecule has 2 aliphatic rings. The number of amides is 2. The van der Waals surface area contributed by atoms with E-state index in [4.69, 9.17) is 15.2 Å². The van der Waals surface area contributed by atoms with Crippen molar-refractivity contribution in [1.82, 2.24) is 19.9 Å². The fourth-order valence-corrected chi connectivity index (χ4v) is 5.47. The number of benzene rings is 2. The summed E-state index contributed by atoms with van der Waals surface area (Å²) in [6.07, 6.45) is 2.11. The van der Waals surface area contributed by atoms with Gasteiger partial charge in [0.05, 0.1) is 23.5 Å². The van der Waals surface area contributed by atoms with Gasteiger partial charge in [0.1, 0.15) is 17.0 Å². The molecule has 0 spiro atoms. The van der Waals surface area contributed by atoms with Crippen LogP contribution in [0.3, 0.4) is 0 Å². The lowest BCUT2D eigenvalue weighted by atomic mass is 9.97. The quantitative estimate of drug-likeness (QED) is 0.259. The van der Waals surface area contributed by atoms with Gasteiger partial charge in [0.2, 0.25) is 0 Å². The third-order valence-corrected chi connectivity index (χ3v) is 7.84. The number of hydrogen-bond donors (Lipinski definition) is 3. The average molecular weight is 683 g/mol. The van der Waals surface area contributed by atoms with Crippen LogP contribution in [0.1, 0.15) is 86.8 Å². The first-order valence-corrected chi connectivity index (χ1v) is 14.8. The maximum Gasteiger partial charge on any atom is 0.354 e. The summed E-state index contributed by atoms with van der Waals surface area (Å²) in [6, 6.07) is 9.80. The smallest absolute Gasteiger partial charge is 0.354 e. The molecule has 0 unspecified atom stereocenters. The zero-order valence-electron chi connectivity index (χ0n) is 27.0. The van der Waals surface area contributed by atoms with E-state index in [0.29, 0.717) is 24.9 Å². The van der Waals surface area contributed by atoms with Gasteiger partial charge in [-0.2, -0.15) is 5.10 Å².